The Kier molecular flexibility index (Phi) is 5.41. The lowest BCUT2D eigenvalue weighted by Crippen LogP contribution is -2.42. The van der Waals surface area contributed by atoms with Crippen molar-refractivity contribution >= 4 is 11.8 Å². The molecule has 1 heterocycles. The number of hydrogen-bond donors (Lipinski definition) is 0. The Bertz CT molecular complexity index is 735. The molecule has 2 aromatic carbocycles. The van der Waals surface area contributed by atoms with Crippen molar-refractivity contribution in [3.8, 4) is 0 Å². The third-order valence-electron chi connectivity index (χ3n) is 4.32. The zero-order valence-corrected chi connectivity index (χ0v) is 14.1. The summed E-state index contributed by atoms with van der Waals surface area (Å²) in [5.41, 5.74) is 2.01. The first-order valence-electron chi connectivity index (χ1n) is 8.42. The summed E-state index contributed by atoms with van der Waals surface area (Å²) in [5, 5.41) is 0. The number of rotatable bonds is 8. The zero-order valence-electron chi connectivity index (χ0n) is 14.1. The second kappa shape index (κ2) is 7.90. The van der Waals surface area contributed by atoms with Gasteiger partial charge in [0.25, 0.3) is 11.8 Å². The van der Waals surface area contributed by atoms with E-state index in [4.69, 9.17) is 4.74 Å². The summed E-state index contributed by atoms with van der Waals surface area (Å²) in [6.07, 6.45) is 3.15. The first-order chi connectivity index (χ1) is 12.2. The number of nitrogens with zero attached hydrogens (tertiary/aromatic N) is 1. The van der Waals surface area contributed by atoms with E-state index in [1.807, 2.05) is 30.3 Å². The van der Waals surface area contributed by atoms with Gasteiger partial charge in [-0.2, -0.15) is 0 Å². The van der Waals surface area contributed by atoms with Crippen LogP contribution in [-0.2, 0) is 11.3 Å². The van der Waals surface area contributed by atoms with E-state index < -0.39 is 0 Å². The number of amides is 2. The Labute approximate surface area is 147 Å². The largest absolute Gasteiger partial charge is 0.375 e. The van der Waals surface area contributed by atoms with Crippen molar-refractivity contribution in [1.82, 2.24) is 4.90 Å². The first kappa shape index (κ1) is 17.1. The van der Waals surface area contributed by atoms with E-state index in [9.17, 15) is 9.59 Å². The highest BCUT2D eigenvalue weighted by Gasteiger charge is 2.39. The molecule has 0 aliphatic carbocycles. The molecule has 1 atom stereocenters. The number of carbonyl (C=O) groups is 2. The van der Waals surface area contributed by atoms with E-state index in [2.05, 4.69) is 6.58 Å². The lowest BCUT2D eigenvalue weighted by atomic mass is 10.1. The van der Waals surface area contributed by atoms with Gasteiger partial charge in [0.15, 0.2) is 0 Å². The van der Waals surface area contributed by atoms with E-state index in [0.29, 0.717) is 37.2 Å². The number of benzene rings is 2. The van der Waals surface area contributed by atoms with Gasteiger partial charge < -0.3 is 4.74 Å². The molecule has 2 amide bonds. The molecular formula is C21H21NO3. The minimum atomic E-state index is -0.297. The van der Waals surface area contributed by atoms with Crippen LogP contribution in [0.25, 0.3) is 0 Å². The maximum atomic E-state index is 12.7. The standard InChI is InChI=1S/C21H21NO3/c1-2-3-11-17(15-25-14-16-9-5-4-6-10-16)22-20(23)18-12-7-8-13-19(18)21(22)24/h2,4-10,12-13,17H,1,3,11,14-15H2. The molecule has 4 heteroatoms. The van der Waals surface area contributed by atoms with E-state index >= 15 is 0 Å². The number of imide groups is 1. The summed E-state index contributed by atoms with van der Waals surface area (Å²) in [6.45, 7) is 4.50. The molecule has 0 saturated heterocycles. The van der Waals surface area contributed by atoms with Gasteiger partial charge in [-0.25, -0.2) is 0 Å². The van der Waals surface area contributed by atoms with Crippen LogP contribution >= 0.6 is 0 Å². The quantitative estimate of drug-likeness (QED) is 0.544. The van der Waals surface area contributed by atoms with E-state index in [1.165, 1.54) is 4.90 Å². The topological polar surface area (TPSA) is 46.6 Å². The minimum absolute atomic E-state index is 0.238. The predicted molar refractivity (Wildman–Crippen MR) is 96.3 cm³/mol. The Hall–Kier alpha value is -2.72. The van der Waals surface area contributed by atoms with E-state index in [-0.39, 0.29) is 17.9 Å². The molecule has 128 valence electrons. The van der Waals surface area contributed by atoms with E-state index in [1.54, 1.807) is 30.3 Å². The molecule has 0 N–H and O–H groups in total. The third kappa shape index (κ3) is 3.69. The van der Waals surface area contributed by atoms with Crippen LogP contribution in [0.2, 0.25) is 0 Å². The SMILES string of the molecule is C=CCCC(COCc1ccccc1)N1C(=O)c2ccccc2C1=O. The molecule has 1 aliphatic rings. The van der Waals surface area contributed by atoms with Gasteiger partial charge in [-0.05, 0) is 30.5 Å². The van der Waals surface area contributed by atoms with Crippen molar-refractivity contribution in [2.45, 2.75) is 25.5 Å². The molecule has 0 radical (unpaired) electrons. The van der Waals surface area contributed by atoms with Crippen LogP contribution in [0.15, 0.2) is 67.3 Å². The molecule has 2 aromatic rings. The molecule has 4 nitrogen and oxygen atoms in total. The minimum Gasteiger partial charge on any atom is -0.375 e. The number of hydrogen-bond acceptors (Lipinski definition) is 3. The van der Waals surface area contributed by atoms with E-state index in [0.717, 1.165) is 5.56 Å². The van der Waals surface area contributed by atoms with Crippen LogP contribution in [0.3, 0.4) is 0 Å². The molecule has 0 saturated carbocycles. The van der Waals surface area contributed by atoms with Crippen LogP contribution in [-0.4, -0.2) is 29.4 Å². The molecule has 0 aromatic heterocycles. The number of carbonyl (C=O) groups excluding carboxylic acids is 2. The summed E-state index contributed by atoms with van der Waals surface area (Å²) in [4.78, 5) is 26.7. The fourth-order valence-corrected chi connectivity index (χ4v) is 3.02. The van der Waals surface area contributed by atoms with Crippen molar-refractivity contribution in [2.24, 2.45) is 0 Å². The van der Waals surface area contributed by atoms with Crippen LogP contribution in [0.5, 0.6) is 0 Å². The van der Waals surface area contributed by atoms with Crippen molar-refractivity contribution in [3.63, 3.8) is 0 Å². The smallest absolute Gasteiger partial charge is 0.261 e. The normalized spacial score (nSPS) is 14.5. The lowest BCUT2D eigenvalue weighted by Gasteiger charge is -2.26. The highest BCUT2D eigenvalue weighted by atomic mass is 16.5. The lowest BCUT2D eigenvalue weighted by molar-refractivity contribution is 0.0349. The number of ether oxygens (including phenoxy) is 1. The van der Waals surface area contributed by atoms with Gasteiger partial charge in [0.1, 0.15) is 0 Å². The average Bonchev–Trinajstić information content (AvgIpc) is 2.90. The van der Waals surface area contributed by atoms with Gasteiger partial charge in [-0.3, -0.25) is 14.5 Å². The molecule has 0 fully saturated rings. The molecular weight excluding hydrogens is 314 g/mol. The summed E-state index contributed by atoms with van der Waals surface area (Å²) in [5.74, 6) is -0.476. The number of allylic oxidation sites excluding steroid dienone is 1. The Balaban J connectivity index is 1.71. The predicted octanol–water partition coefficient (Wildman–Crippen LogP) is 3.83. The van der Waals surface area contributed by atoms with Crippen molar-refractivity contribution in [3.05, 3.63) is 83.9 Å². The summed E-state index contributed by atoms with van der Waals surface area (Å²) < 4.78 is 5.81. The zero-order chi connectivity index (χ0) is 17.6. The molecule has 1 aliphatic heterocycles. The van der Waals surface area contributed by atoms with Crippen LogP contribution in [0.1, 0.15) is 39.1 Å². The molecule has 25 heavy (non-hydrogen) atoms. The van der Waals surface area contributed by atoms with Gasteiger partial charge in [-0.15, -0.1) is 6.58 Å². The highest BCUT2D eigenvalue weighted by molar-refractivity contribution is 6.21. The van der Waals surface area contributed by atoms with Gasteiger partial charge >= 0.3 is 0 Å². The highest BCUT2D eigenvalue weighted by Crippen LogP contribution is 2.26. The maximum Gasteiger partial charge on any atom is 0.261 e. The average molecular weight is 335 g/mol. The van der Waals surface area contributed by atoms with Crippen LogP contribution < -0.4 is 0 Å². The van der Waals surface area contributed by atoms with Crippen molar-refractivity contribution < 1.29 is 14.3 Å². The van der Waals surface area contributed by atoms with Gasteiger partial charge in [0, 0.05) is 0 Å². The Morgan fingerprint density at radius 1 is 0.960 bits per heavy atom. The van der Waals surface area contributed by atoms with Crippen molar-refractivity contribution in [2.75, 3.05) is 6.61 Å². The van der Waals surface area contributed by atoms with Gasteiger partial charge in [0.05, 0.1) is 30.4 Å². The Morgan fingerprint density at radius 3 is 2.16 bits per heavy atom. The van der Waals surface area contributed by atoms with Gasteiger partial charge in [0.2, 0.25) is 0 Å². The van der Waals surface area contributed by atoms with Gasteiger partial charge in [-0.1, -0.05) is 48.5 Å². The summed E-state index contributed by atoms with van der Waals surface area (Å²) >= 11 is 0. The van der Waals surface area contributed by atoms with Crippen LogP contribution in [0, 0.1) is 0 Å². The fourth-order valence-electron chi connectivity index (χ4n) is 3.02. The monoisotopic (exact) mass is 335 g/mol. The molecule has 0 spiro atoms. The second-order valence-electron chi connectivity index (χ2n) is 6.05. The first-order valence-corrected chi connectivity index (χ1v) is 8.42. The third-order valence-corrected chi connectivity index (χ3v) is 4.32. The molecule has 0 bridgehead atoms. The van der Waals surface area contributed by atoms with Crippen LogP contribution in [0.4, 0.5) is 0 Å². The Morgan fingerprint density at radius 2 is 1.56 bits per heavy atom. The second-order valence-corrected chi connectivity index (χ2v) is 6.05. The maximum absolute atomic E-state index is 12.7. The summed E-state index contributed by atoms with van der Waals surface area (Å²) in [7, 11) is 0. The molecule has 3 rings (SSSR count). The fraction of sp³-hybridized carbons (Fsp3) is 0.238. The number of fused-ring (bicyclic) bond motifs is 1. The summed E-state index contributed by atoms with van der Waals surface area (Å²) in [6, 6.07) is 16.5. The van der Waals surface area contributed by atoms with Crippen molar-refractivity contribution in [1.29, 1.82) is 0 Å². The molecule has 1 unspecified atom stereocenters.